The fraction of sp³-hybridized carbons (Fsp3) is 0.462. The summed E-state index contributed by atoms with van der Waals surface area (Å²) in [7, 11) is 0. The van der Waals surface area contributed by atoms with Crippen LogP contribution in [0.4, 0.5) is 4.39 Å². The van der Waals surface area contributed by atoms with E-state index in [2.05, 4.69) is 0 Å². The van der Waals surface area contributed by atoms with Crippen LogP contribution in [0.15, 0.2) is 24.3 Å². The van der Waals surface area contributed by atoms with E-state index in [9.17, 15) is 9.18 Å². The summed E-state index contributed by atoms with van der Waals surface area (Å²) in [4.78, 5) is 11.6. The minimum Gasteiger partial charge on any atom is -0.459 e. The van der Waals surface area contributed by atoms with Gasteiger partial charge in [-0.1, -0.05) is 12.1 Å². The molecule has 94 valence electrons. The second-order valence-corrected chi connectivity index (χ2v) is 4.97. The van der Waals surface area contributed by atoms with Crippen molar-refractivity contribution in [2.75, 3.05) is 0 Å². The molecule has 0 heterocycles. The van der Waals surface area contributed by atoms with Crippen molar-refractivity contribution in [1.29, 1.82) is 0 Å². The number of nitrogens with two attached hydrogens (primary N) is 1. The maximum atomic E-state index is 12.9. The van der Waals surface area contributed by atoms with Crippen LogP contribution in [0, 0.1) is 5.82 Å². The zero-order chi connectivity index (χ0) is 13.1. The first-order valence-corrected chi connectivity index (χ1v) is 5.51. The number of esters is 1. The fourth-order valence-corrected chi connectivity index (χ4v) is 1.38. The number of carbonyl (C=O) groups excluding carboxylic acids is 1. The average molecular weight is 239 g/mol. The van der Waals surface area contributed by atoms with Gasteiger partial charge in [-0.25, -0.2) is 4.39 Å². The maximum absolute atomic E-state index is 12.9. The zero-order valence-electron chi connectivity index (χ0n) is 10.4. The van der Waals surface area contributed by atoms with Crippen molar-refractivity contribution in [2.24, 2.45) is 5.73 Å². The van der Waals surface area contributed by atoms with Crippen LogP contribution in [0.3, 0.4) is 0 Å². The lowest BCUT2D eigenvalue weighted by Gasteiger charge is -2.22. The van der Waals surface area contributed by atoms with Crippen molar-refractivity contribution in [3.8, 4) is 0 Å². The minimum absolute atomic E-state index is 0.271. The van der Waals surface area contributed by atoms with E-state index in [4.69, 9.17) is 10.5 Å². The first-order chi connectivity index (χ1) is 7.78. The third kappa shape index (κ3) is 4.95. The summed E-state index contributed by atoms with van der Waals surface area (Å²) < 4.78 is 18.1. The average Bonchev–Trinajstić information content (AvgIpc) is 2.14. The Morgan fingerprint density at radius 3 is 2.65 bits per heavy atom. The third-order valence-corrected chi connectivity index (χ3v) is 2.05. The van der Waals surface area contributed by atoms with E-state index in [0.29, 0.717) is 5.56 Å². The number of rotatable bonds is 3. The van der Waals surface area contributed by atoms with Crippen molar-refractivity contribution in [3.05, 3.63) is 35.6 Å². The molecule has 0 saturated heterocycles. The van der Waals surface area contributed by atoms with Crippen LogP contribution in [0.5, 0.6) is 0 Å². The lowest BCUT2D eigenvalue weighted by atomic mass is 10.1. The van der Waals surface area contributed by atoms with Gasteiger partial charge in [-0.15, -0.1) is 0 Å². The maximum Gasteiger partial charge on any atom is 0.323 e. The third-order valence-electron chi connectivity index (χ3n) is 2.05. The molecule has 1 rings (SSSR count). The van der Waals surface area contributed by atoms with Crippen LogP contribution in [0.2, 0.25) is 0 Å². The molecular formula is C13H18FNO2. The van der Waals surface area contributed by atoms with Crippen LogP contribution in [-0.2, 0) is 16.0 Å². The van der Waals surface area contributed by atoms with Gasteiger partial charge in [0.2, 0.25) is 0 Å². The normalized spacial score (nSPS) is 13.2. The Bertz CT molecular complexity index is 399. The van der Waals surface area contributed by atoms with Gasteiger partial charge in [0.05, 0.1) is 0 Å². The molecule has 1 aromatic rings. The van der Waals surface area contributed by atoms with Gasteiger partial charge < -0.3 is 10.5 Å². The molecule has 0 bridgehead atoms. The van der Waals surface area contributed by atoms with Crippen molar-refractivity contribution in [2.45, 2.75) is 38.8 Å². The molecule has 4 heteroatoms. The number of ether oxygens (including phenoxy) is 1. The highest BCUT2D eigenvalue weighted by atomic mass is 19.1. The van der Waals surface area contributed by atoms with Gasteiger partial charge in [0.1, 0.15) is 17.5 Å². The summed E-state index contributed by atoms with van der Waals surface area (Å²) in [5.41, 5.74) is 5.83. The summed E-state index contributed by atoms with van der Waals surface area (Å²) in [5.74, 6) is -0.805. The fourth-order valence-electron chi connectivity index (χ4n) is 1.38. The van der Waals surface area contributed by atoms with Gasteiger partial charge in [0.25, 0.3) is 0 Å². The van der Waals surface area contributed by atoms with Crippen molar-refractivity contribution in [1.82, 2.24) is 0 Å². The summed E-state index contributed by atoms with van der Waals surface area (Å²) in [6, 6.07) is 5.27. The molecule has 3 nitrogen and oxygen atoms in total. The molecule has 0 amide bonds. The molecule has 0 aromatic heterocycles. The first-order valence-electron chi connectivity index (χ1n) is 5.51. The topological polar surface area (TPSA) is 52.3 Å². The lowest BCUT2D eigenvalue weighted by molar-refractivity contribution is -0.156. The predicted octanol–water partition coefficient (Wildman–Crippen LogP) is 2.04. The van der Waals surface area contributed by atoms with Crippen molar-refractivity contribution < 1.29 is 13.9 Å². The number of benzene rings is 1. The van der Waals surface area contributed by atoms with Gasteiger partial charge in [-0.05, 0) is 44.9 Å². The number of hydrogen-bond acceptors (Lipinski definition) is 3. The molecular weight excluding hydrogens is 221 g/mol. The summed E-state index contributed by atoms with van der Waals surface area (Å²) in [6.07, 6.45) is 0.271. The highest BCUT2D eigenvalue weighted by Gasteiger charge is 2.22. The smallest absolute Gasteiger partial charge is 0.323 e. The van der Waals surface area contributed by atoms with E-state index < -0.39 is 17.6 Å². The molecule has 17 heavy (non-hydrogen) atoms. The lowest BCUT2D eigenvalue weighted by Crippen LogP contribution is -2.38. The van der Waals surface area contributed by atoms with Crippen molar-refractivity contribution in [3.63, 3.8) is 0 Å². The van der Waals surface area contributed by atoms with Crippen LogP contribution in [-0.4, -0.2) is 17.6 Å². The van der Waals surface area contributed by atoms with E-state index in [1.54, 1.807) is 32.9 Å². The van der Waals surface area contributed by atoms with Crippen LogP contribution >= 0.6 is 0 Å². The molecule has 0 saturated carbocycles. The molecule has 1 aromatic carbocycles. The Labute approximate surface area is 101 Å². The Morgan fingerprint density at radius 2 is 2.12 bits per heavy atom. The van der Waals surface area contributed by atoms with E-state index >= 15 is 0 Å². The number of hydrogen-bond donors (Lipinski definition) is 1. The summed E-state index contributed by atoms with van der Waals surface area (Å²) in [6.45, 7) is 5.33. The molecule has 0 spiro atoms. The van der Waals surface area contributed by atoms with Crippen LogP contribution < -0.4 is 5.73 Å². The van der Waals surface area contributed by atoms with Crippen LogP contribution in [0.1, 0.15) is 26.3 Å². The van der Waals surface area contributed by atoms with Gasteiger partial charge >= 0.3 is 5.97 Å². The highest BCUT2D eigenvalue weighted by molar-refractivity contribution is 5.76. The Kier molecular flexibility index (Phi) is 4.23. The van der Waals surface area contributed by atoms with E-state index in [0.717, 1.165) is 0 Å². The Hall–Kier alpha value is -1.42. The molecule has 0 radical (unpaired) electrons. The Morgan fingerprint density at radius 1 is 1.47 bits per heavy atom. The van der Waals surface area contributed by atoms with Gasteiger partial charge in [0, 0.05) is 0 Å². The minimum atomic E-state index is -0.768. The molecule has 2 N–H and O–H groups in total. The SMILES string of the molecule is CC(C)(C)OC(=O)C(N)Cc1cccc(F)c1. The largest absolute Gasteiger partial charge is 0.459 e. The second-order valence-electron chi connectivity index (χ2n) is 4.97. The summed E-state index contributed by atoms with van der Waals surface area (Å²) >= 11 is 0. The molecule has 1 atom stereocenters. The van der Waals surface area contributed by atoms with Gasteiger partial charge in [-0.3, -0.25) is 4.79 Å². The quantitative estimate of drug-likeness (QED) is 0.821. The van der Waals surface area contributed by atoms with Crippen LogP contribution in [0.25, 0.3) is 0 Å². The van der Waals surface area contributed by atoms with Gasteiger partial charge in [0.15, 0.2) is 0 Å². The monoisotopic (exact) mass is 239 g/mol. The first kappa shape index (κ1) is 13.6. The molecule has 1 unspecified atom stereocenters. The zero-order valence-corrected chi connectivity index (χ0v) is 10.4. The van der Waals surface area contributed by atoms with E-state index in [1.807, 2.05) is 0 Å². The Balaban J connectivity index is 2.60. The van der Waals surface area contributed by atoms with E-state index in [-0.39, 0.29) is 12.2 Å². The summed E-state index contributed by atoms with van der Waals surface area (Å²) in [5, 5.41) is 0. The van der Waals surface area contributed by atoms with E-state index in [1.165, 1.54) is 12.1 Å². The molecule has 0 aliphatic carbocycles. The predicted molar refractivity (Wildman–Crippen MR) is 63.9 cm³/mol. The molecule has 0 aliphatic rings. The standard InChI is InChI=1S/C13H18FNO2/c1-13(2,3)17-12(16)11(15)8-9-5-4-6-10(14)7-9/h4-7,11H,8,15H2,1-3H3. The highest BCUT2D eigenvalue weighted by Crippen LogP contribution is 2.11. The molecule has 0 aliphatic heterocycles. The van der Waals surface area contributed by atoms with Gasteiger partial charge in [-0.2, -0.15) is 0 Å². The number of halogens is 1. The van der Waals surface area contributed by atoms with Crippen molar-refractivity contribution >= 4 is 5.97 Å². The second kappa shape index (κ2) is 5.27. The molecule has 0 fully saturated rings. The number of carbonyl (C=O) groups is 1.